The molecule has 1 heterocycles. The quantitative estimate of drug-likeness (QED) is 0.802. The summed E-state index contributed by atoms with van der Waals surface area (Å²) in [6.07, 6.45) is -0.555. The molecule has 120 valence electrons. The topological polar surface area (TPSA) is 70.3 Å². The molecule has 0 amide bonds. The predicted molar refractivity (Wildman–Crippen MR) is 91.6 cm³/mol. The van der Waals surface area contributed by atoms with Gasteiger partial charge in [-0.25, -0.2) is 4.79 Å². The normalized spacial score (nSPS) is 17.3. The van der Waals surface area contributed by atoms with Gasteiger partial charge in [-0.15, -0.1) is 0 Å². The highest BCUT2D eigenvalue weighted by Gasteiger charge is 2.32. The van der Waals surface area contributed by atoms with Crippen molar-refractivity contribution in [1.82, 2.24) is 0 Å². The molecular weight excluding hydrogens is 346 g/mol. The second-order valence-electron chi connectivity index (χ2n) is 5.11. The Kier molecular flexibility index (Phi) is 4.79. The van der Waals surface area contributed by atoms with E-state index in [-0.39, 0.29) is 17.1 Å². The minimum absolute atomic E-state index is 0.0612. The summed E-state index contributed by atoms with van der Waals surface area (Å²) in [5.41, 5.74) is 1.01. The molecule has 6 heteroatoms. The van der Waals surface area contributed by atoms with E-state index in [0.717, 1.165) is 11.8 Å². The Labute approximate surface area is 148 Å². The second-order valence-corrected chi connectivity index (χ2v) is 6.56. The number of nitriles is 1. The fourth-order valence-corrected chi connectivity index (χ4v) is 3.52. The number of rotatable bonds is 3. The molecule has 1 aliphatic rings. The van der Waals surface area contributed by atoms with Crippen LogP contribution in [0.2, 0.25) is 5.02 Å². The van der Waals surface area contributed by atoms with Gasteiger partial charge in [-0.05, 0) is 18.2 Å². The summed E-state index contributed by atoms with van der Waals surface area (Å²) in [6, 6.07) is 16.0. The van der Waals surface area contributed by atoms with Crippen molar-refractivity contribution in [1.29, 1.82) is 5.26 Å². The van der Waals surface area contributed by atoms with Crippen LogP contribution in [-0.4, -0.2) is 11.1 Å². The van der Waals surface area contributed by atoms with Crippen molar-refractivity contribution in [3.8, 4) is 6.07 Å². The number of benzene rings is 2. The van der Waals surface area contributed by atoms with Gasteiger partial charge in [0.1, 0.15) is 16.8 Å². The van der Waals surface area contributed by atoms with Crippen LogP contribution >= 0.6 is 23.4 Å². The van der Waals surface area contributed by atoms with Crippen LogP contribution in [0.5, 0.6) is 0 Å². The van der Waals surface area contributed by atoms with E-state index < -0.39 is 12.1 Å². The number of ether oxygens (including phenoxy) is 1. The number of hydrogen-bond donors (Lipinski definition) is 1. The van der Waals surface area contributed by atoms with E-state index in [1.165, 1.54) is 0 Å². The second kappa shape index (κ2) is 7.00. The number of esters is 1. The molecule has 1 atom stereocenters. The fourth-order valence-electron chi connectivity index (χ4n) is 2.40. The molecule has 0 saturated heterocycles. The van der Waals surface area contributed by atoms with Gasteiger partial charge in [-0.1, -0.05) is 53.7 Å². The summed E-state index contributed by atoms with van der Waals surface area (Å²) >= 11 is 7.16. The zero-order valence-corrected chi connectivity index (χ0v) is 14.0. The molecule has 1 N–H and O–H groups in total. The number of halogens is 1. The molecule has 1 unspecified atom stereocenters. The zero-order valence-electron chi connectivity index (χ0n) is 12.4. The van der Waals surface area contributed by atoms with Crippen LogP contribution in [0.15, 0.2) is 64.1 Å². The Balaban J connectivity index is 1.89. The van der Waals surface area contributed by atoms with Gasteiger partial charge in [-0.3, -0.25) is 0 Å². The summed E-state index contributed by atoms with van der Waals surface area (Å²) in [7, 11) is 0. The van der Waals surface area contributed by atoms with Gasteiger partial charge in [-0.2, -0.15) is 5.26 Å². The Morgan fingerprint density at radius 2 is 1.92 bits per heavy atom. The molecule has 0 bridgehead atoms. The average molecular weight is 358 g/mol. The first-order valence-electron chi connectivity index (χ1n) is 7.14. The van der Waals surface area contributed by atoms with E-state index in [1.807, 2.05) is 0 Å². The number of thioether (sulfide) groups is 1. The summed E-state index contributed by atoms with van der Waals surface area (Å²) < 4.78 is 5.44. The van der Waals surface area contributed by atoms with Crippen LogP contribution in [0, 0.1) is 11.3 Å². The number of aliphatic hydroxyl groups excluding tert-OH is 1. The van der Waals surface area contributed by atoms with Gasteiger partial charge < -0.3 is 9.84 Å². The van der Waals surface area contributed by atoms with Crippen molar-refractivity contribution in [2.75, 3.05) is 0 Å². The Morgan fingerprint density at radius 1 is 1.21 bits per heavy atom. The molecule has 0 aliphatic carbocycles. The van der Waals surface area contributed by atoms with Crippen LogP contribution in [0.4, 0.5) is 0 Å². The van der Waals surface area contributed by atoms with Gasteiger partial charge in [0.15, 0.2) is 0 Å². The third kappa shape index (κ3) is 3.25. The SMILES string of the molecule is N#Cc1ccccc1C1CC(O)=C(Sc2ccccc2Cl)C(=O)O1. The van der Waals surface area contributed by atoms with Crippen LogP contribution in [0.25, 0.3) is 0 Å². The highest BCUT2D eigenvalue weighted by Crippen LogP contribution is 2.41. The summed E-state index contributed by atoms with van der Waals surface area (Å²) in [4.78, 5) is 13.1. The molecule has 0 radical (unpaired) electrons. The summed E-state index contributed by atoms with van der Waals surface area (Å²) in [6.45, 7) is 0. The molecule has 0 spiro atoms. The monoisotopic (exact) mass is 357 g/mol. The number of aliphatic hydroxyl groups is 1. The lowest BCUT2D eigenvalue weighted by Gasteiger charge is -2.25. The largest absolute Gasteiger partial charge is 0.511 e. The molecule has 1 aliphatic heterocycles. The first-order valence-corrected chi connectivity index (χ1v) is 8.34. The van der Waals surface area contributed by atoms with Crippen molar-refractivity contribution < 1.29 is 14.6 Å². The average Bonchev–Trinajstić information content (AvgIpc) is 2.59. The molecular formula is C18H12ClNO3S. The van der Waals surface area contributed by atoms with Gasteiger partial charge in [0.2, 0.25) is 0 Å². The Bertz CT molecular complexity index is 873. The fraction of sp³-hybridized carbons (Fsp3) is 0.111. The van der Waals surface area contributed by atoms with Crippen molar-refractivity contribution in [3.05, 3.63) is 75.3 Å². The highest BCUT2D eigenvalue weighted by atomic mass is 35.5. The molecule has 3 rings (SSSR count). The maximum atomic E-state index is 12.3. The van der Waals surface area contributed by atoms with E-state index in [1.54, 1.807) is 48.5 Å². The molecule has 4 nitrogen and oxygen atoms in total. The van der Waals surface area contributed by atoms with E-state index in [4.69, 9.17) is 16.3 Å². The summed E-state index contributed by atoms with van der Waals surface area (Å²) in [5.74, 6) is -0.685. The van der Waals surface area contributed by atoms with Crippen LogP contribution < -0.4 is 0 Å². The van der Waals surface area contributed by atoms with Gasteiger partial charge in [0.05, 0.1) is 16.7 Å². The van der Waals surface area contributed by atoms with Crippen LogP contribution in [0.1, 0.15) is 23.7 Å². The van der Waals surface area contributed by atoms with Gasteiger partial charge >= 0.3 is 5.97 Å². The van der Waals surface area contributed by atoms with Crippen molar-refractivity contribution in [3.63, 3.8) is 0 Å². The van der Waals surface area contributed by atoms with E-state index in [0.29, 0.717) is 21.0 Å². The Morgan fingerprint density at radius 3 is 2.62 bits per heavy atom. The van der Waals surface area contributed by atoms with Crippen molar-refractivity contribution in [2.24, 2.45) is 0 Å². The molecule has 0 saturated carbocycles. The number of hydrogen-bond acceptors (Lipinski definition) is 5. The third-order valence-electron chi connectivity index (χ3n) is 3.55. The van der Waals surface area contributed by atoms with E-state index >= 15 is 0 Å². The van der Waals surface area contributed by atoms with E-state index in [2.05, 4.69) is 6.07 Å². The number of cyclic esters (lactones) is 1. The van der Waals surface area contributed by atoms with E-state index in [9.17, 15) is 15.2 Å². The minimum atomic E-state index is -0.677. The molecule has 2 aromatic rings. The lowest BCUT2D eigenvalue weighted by molar-refractivity contribution is -0.146. The maximum absolute atomic E-state index is 12.3. The Hall–Kier alpha value is -2.42. The van der Waals surface area contributed by atoms with Crippen molar-refractivity contribution >= 4 is 29.3 Å². The first kappa shape index (κ1) is 16.4. The standard InChI is InChI=1S/C18H12ClNO3S/c19-13-7-3-4-8-16(13)24-17-14(21)9-15(23-18(17)22)12-6-2-1-5-11(12)10-20/h1-8,15,21H,9H2. The number of nitrogens with zero attached hydrogens (tertiary/aromatic N) is 1. The van der Waals surface area contributed by atoms with Gasteiger partial charge in [0, 0.05) is 16.9 Å². The summed E-state index contributed by atoms with van der Waals surface area (Å²) in [5, 5.41) is 20.0. The molecule has 24 heavy (non-hydrogen) atoms. The number of carbonyl (C=O) groups excluding carboxylic acids is 1. The lowest BCUT2D eigenvalue weighted by atomic mass is 9.99. The van der Waals surface area contributed by atoms with Crippen LogP contribution in [0.3, 0.4) is 0 Å². The third-order valence-corrected chi connectivity index (χ3v) is 5.18. The van der Waals surface area contributed by atoms with Crippen LogP contribution in [-0.2, 0) is 9.53 Å². The maximum Gasteiger partial charge on any atom is 0.349 e. The molecule has 0 aromatic heterocycles. The molecule has 2 aromatic carbocycles. The van der Waals surface area contributed by atoms with Crippen molar-refractivity contribution in [2.45, 2.75) is 17.4 Å². The smallest absolute Gasteiger partial charge is 0.349 e. The predicted octanol–water partition coefficient (Wildman–Crippen LogP) is 4.76. The lowest BCUT2D eigenvalue weighted by Crippen LogP contribution is -2.20. The zero-order chi connectivity index (χ0) is 17.1. The molecule has 0 fully saturated rings. The number of carbonyl (C=O) groups is 1. The van der Waals surface area contributed by atoms with Gasteiger partial charge in [0.25, 0.3) is 0 Å². The highest BCUT2D eigenvalue weighted by molar-refractivity contribution is 8.04. The first-order chi connectivity index (χ1) is 11.6. The minimum Gasteiger partial charge on any atom is -0.511 e.